The molecule has 4 nitrogen and oxygen atoms in total. The molecule has 0 spiro atoms. The lowest BCUT2D eigenvalue weighted by atomic mass is 9.93. The van der Waals surface area contributed by atoms with Crippen LogP contribution in [0, 0.1) is 0 Å². The van der Waals surface area contributed by atoms with Gasteiger partial charge < -0.3 is 14.7 Å². The first-order valence-corrected chi connectivity index (χ1v) is 10.9. The molecule has 1 unspecified atom stereocenters. The zero-order valence-corrected chi connectivity index (χ0v) is 18.5. The molecule has 3 aromatic rings. The second-order valence-corrected chi connectivity index (χ2v) is 8.26. The third kappa shape index (κ3) is 4.42. The molecule has 0 aliphatic carbocycles. The Bertz CT molecular complexity index is 1020. The van der Waals surface area contributed by atoms with Crippen molar-refractivity contribution in [2.45, 2.75) is 18.9 Å². The quantitative estimate of drug-likeness (QED) is 0.500. The Hall–Kier alpha value is -2.63. The topological polar surface area (TPSA) is 45.1 Å². The van der Waals surface area contributed by atoms with Gasteiger partial charge in [-0.3, -0.25) is 0 Å². The summed E-state index contributed by atoms with van der Waals surface area (Å²) in [5.41, 5.74) is 4.57. The van der Waals surface area contributed by atoms with Crippen LogP contribution in [0.25, 0.3) is 0 Å². The lowest BCUT2D eigenvalue weighted by molar-refractivity contribution is 0.253. The van der Waals surface area contributed by atoms with Crippen LogP contribution in [0.4, 0.5) is 5.69 Å². The summed E-state index contributed by atoms with van der Waals surface area (Å²) in [6.45, 7) is 0.885. The monoisotopic (exact) mass is 464 g/mol. The molecule has 0 bridgehead atoms. The molecule has 0 radical (unpaired) electrons. The van der Waals surface area contributed by atoms with Gasteiger partial charge in [-0.1, -0.05) is 58.4 Å². The second-order valence-electron chi connectivity index (χ2n) is 7.34. The van der Waals surface area contributed by atoms with E-state index >= 15 is 0 Å². The predicted molar refractivity (Wildman–Crippen MR) is 125 cm³/mol. The Morgan fingerprint density at radius 2 is 1.80 bits per heavy atom. The molecule has 0 saturated carbocycles. The van der Waals surface area contributed by atoms with Crippen LogP contribution < -0.4 is 4.74 Å². The van der Waals surface area contributed by atoms with Crippen LogP contribution in [0.2, 0.25) is 0 Å². The Morgan fingerprint density at radius 3 is 2.50 bits per heavy atom. The molecule has 30 heavy (non-hydrogen) atoms. The minimum Gasteiger partial charge on any atom is -0.497 e. The zero-order valence-electron chi connectivity index (χ0n) is 17.0. The lowest BCUT2D eigenvalue weighted by Gasteiger charge is -2.39. The maximum Gasteiger partial charge on any atom is 0.118 e. The first kappa shape index (κ1) is 20.6. The summed E-state index contributed by atoms with van der Waals surface area (Å²) in [6, 6.07) is 25.0. The third-order valence-electron chi connectivity index (χ3n) is 5.37. The van der Waals surface area contributed by atoms with Gasteiger partial charge in [0.25, 0.3) is 0 Å². The number of methoxy groups -OCH3 is 1. The Morgan fingerprint density at radius 1 is 1.03 bits per heavy atom. The van der Waals surface area contributed by atoms with E-state index in [0.717, 1.165) is 28.3 Å². The standard InChI is InChI=1S/C25H25BrN2O2/c1-30-21-11-8-18(9-12-21)16-24-27-23-13-10-20(26)17-22(23)25(28(24)14-5-15-29)19-6-3-2-4-7-19/h2-4,6-13,17,25,29H,5,14-16H2,1H3. The van der Waals surface area contributed by atoms with Gasteiger partial charge in [-0.25, -0.2) is 4.99 Å². The number of ether oxygens (including phenoxy) is 1. The van der Waals surface area contributed by atoms with Crippen LogP contribution in [0.5, 0.6) is 5.75 Å². The van der Waals surface area contributed by atoms with Crippen LogP contribution >= 0.6 is 15.9 Å². The average molecular weight is 465 g/mol. The smallest absolute Gasteiger partial charge is 0.118 e. The fourth-order valence-electron chi connectivity index (χ4n) is 3.93. The average Bonchev–Trinajstić information content (AvgIpc) is 2.78. The van der Waals surface area contributed by atoms with E-state index in [9.17, 15) is 5.11 Å². The highest BCUT2D eigenvalue weighted by molar-refractivity contribution is 9.10. The molecular weight excluding hydrogens is 440 g/mol. The number of amidine groups is 1. The summed E-state index contributed by atoms with van der Waals surface area (Å²) in [6.07, 6.45) is 1.41. The van der Waals surface area contributed by atoms with E-state index in [-0.39, 0.29) is 12.6 Å². The van der Waals surface area contributed by atoms with E-state index in [1.807, 2.05) is 24.3 Å². The van der Waals surface area contributed by atoms with Gasteiger partial charge in [-0.05, 0) is 47.9 Å². The number of hydrogen-bond donors (Lipinski definition) is 1. The largest absolute Gasteiger partial charge is 0.497 e. The number of fused-ring (bicyclic) bond motifs is 1. The van der Waals surface area contributed by atoms with E-state index in [4.69, 9.17) is 9.73 Å². The summed E-state index contributed by atoms with van der Waals surface area (Å²) < 4.78 is 6.33. The lowest BCUT2D eigenvalue weighted by Crippen LogP contribution is -2.39. The second kappa shape index (κ2) is 9.45. The van der Waals surface area contributed by atoms with Crippen molar-refractivity contribution in [3.63, 3.8) is 0 Å². The molecule has 0 saturated heterocycles. The highest BCUT2D eigenvalue weighted by Crippen LogP contribution is 2.41. The van der Waals surface area contributed by atoms with Gasteiger partial charge in [-0.2, -0.15) is 0 Å². The summed E-state index contributed by atoms with van der Waals surface area (Å²) in [7, 11) is 1.68. The molecule has 0 amide bonds. The van der Waals surface area contributed by atoms with Crippen molar-refractivity contribution in [2.75, 3.05) is 20.3 Å². The van der Waals surface area contributed by atoms with E-state index in [1.54, 1.807) is 7.11 Å². The van der Waals surface area contributed by atoms with Gasteiger partial charge in [-0.15, -0.1) is 0 Å². The van der Waals surface area contributed by atoms with Crippen molar-refractivity contribution in [3.8, 4) is 5.75 Å². The van der Waals surface area contributed by atoms with E-state index in [2.05, 4.69) is 69.4 Å². The molecule has 1 atom stereocenters. The van der Waals surface area contributed by atoms with Crippen LogP contribution in [0.15, 0.2) is 82.3 Å². The van der Waals surface area contributed by atoms with E-state index in [0.29, 0.717) is 12.8 Å². The number of aliphatic hydroxyl groups is 1. The first-order chi connectivity index (χ1) is 14.7. The third-order valence-corrected chi connectivity index (χ3v) is 5.86. The van der Waals surface area contributed by atoms with Crippen molar-refractivity contribution < 1.29 is 9.84 Å². The summed E-state index contributed by atoms with van der Waals surface area (Å²) in [5, 5.41) is 9.54. The van der Waals surface area contributed by atoms with Crippen molar-refractivity contribution >= 4 is 27.5 Å². The first-order valence-electron chi connectivity index (χ1n) is 10.1. The highest BCUT2D eigenvalue weighted by Gasteiger charge is 2.31. The number of aliphatic imine (C=N–C) groups is 1. The van der Waals surface area contributed by atoms with Crippen molar-refractivity contribution in [2.24, 2.45) is 4.99 Å². The minimum atomic E-state index is 0.0519. The molecule has 1 aliphatic rings. The Kier molecular flexibility index (Phi) is 6.50. The number of halogens is 1. The number of hydrogen-bond acceptors (Lipinski definition) is 4. The number of benzene rings is 3. The molecule has 1 N–H and O–H groups in total. The van der Waals surface area contributed by atoms with Crippen molar-refractivity contribution in [3.05, 3.63) is 94.0 Å². The van der Waals surface area contributed by atoms with Crippen LogP contribution in [-0.2, 0) is 6.42 Å². The fourth-order valence-corrected chi connectivity index (χ4v) is 4.31. The highest BCUT2D eigenvalue weighted by atomic mass is 79.9. The molecule has 0 fully saturated rings. The van der Waals surface area contributed by atoms with Crippen molar-refractivity contribution in [1.29, 1.82) is 0 Å². The summed E-state index contributed by atoms with van der Waals surface area (Å²) in [5.74, 6) is 1.86. The van der Waals surface area contributed by atoms with E-state index < -0.39 is 0 Å². The molecule has 3 aromatic carbocycles. The van der Waals surface area contributed by atoms with Crippen LogP contribution in [-0.4, -0.2) is 36.1 Å². The molecule has 5 heteroatoms. The van der Waals surface area contributed by atoms with E-state index in [1.165, 1.54) is 16.7 Å². The summed E-state index contributed by atoms with van der Waals surface area (Å²) >= 11 is 3.63. The SMILES string of the molecule is COc1ccc(CC2=Nc3ccc(Br)cc3C(c3ccccc3)N2CCCO)cc1. The van der Waals surface area contributed by atoms with Crippen LogP contribution in [0.3, 0.4) is 0 Å². The molecule has 1 heterocycles. The van der Waals surface area contributed by atoms with Gasteiger partial charge in [0.2, 0.25) is 0 Å². The molecule has 4 rings (SSSR count). The molecule has 0 aromatic heterocycles. The van der Waals surface area contributed by atoms with Gasteiger partial charge in [0.15, 0.2) is 0 Å². The Balaban J connectivity index is 1.78. The summed E-state index contributed by atoms with van der Waals surface area (Å²) in [4.78, 5) is 7.38. The maximum atomic E-state index is 9.54. The van der Waals surface area contributed by atoms with Gasteiger partial charge in [0, 0.05) is 29.6 Å². The maximum absolute atomic E-state index is 9.54. The predicted octanol–water partition coefficient (Wildman–Crippen LogP) is 5.52. The number of nitrogens with zero attached hydrogens (tertiary/aromatic N) is 2. The number of aliphatic hydroxyl groups excluding tert-OH is 1. The fraction of sp³-hybridized carbons (Fsp3) is 0.240. The van der Waals surface area contributed by atoms with Gasteiger partial charge in [0.05, 0.1) is 18.8 Å². The Labute approximate surface area is 186 Å². The number of rotatable bonds is 7. The molecular formula is C25H25BrN2O2. The van der Waals surface area contributed by atoms with Gasteiger partial charge >= 0.3 is 0 Å². The normalized spacial score (nSPS) is 15.5. The van der Waals surface area contributed by atoms with Crippen molar-refractivity contribution in [1.82, 2.24) is 4.90 Å². The molecule has 1 aliphatic heterocycles. The molecule has 154 valence electrons. The zero-order chi connectivity index (χ0) is 20.9. The van der Waals surface area contributed by atoms with Crippen LogP contribution in [0.1, 0.15) is 29.2 Å². The van der Waals surface area contributed by atoms with Gasteiger partial charge in [0.1, 0.15) is 11.6 Å². The minimum absolute atomic E-state index is 0.0519.